The molecule has 1 saturated heterocycles. The molecule has 108 valence electrons. The highest BCUT2D eigenvalue weighted by Gasteiger charge is 2.42. The molecule has 0 aliphatic carbocycles. The molecule has 1 aromatic heterocycles. The van der Waals surface area contributed by atoms with Gasteiger partial charge in [-0.2, -0.15) is 0 Å². The first-order valence-corrected chi connectivity index (χ1v) is 6.57. The Morgan fingerprint density at radius 3 is 3.00 bits per heavy atom. The van der Waals surface area contributed by atoms with E-state index in [1.807, 2.05) is 4.90 Å². The molecule has 0 spiro atoms. The van der Waals surface area contributed by atoms with Crippen molar-refractivity contribution in [1.29, 1.82) is 0 Å². The molecule has 1 fully saturated rings. The summed E-state index contributed by atoms with van der Waals surface area (Å²) in [6.45, 7) is 4.82. The normalized spacial score (nSPS) is 22.4. The molecular weight excluding hydrogens is 258 g/mol. The Balaban J connectivity index is 2.29. The number of methoxy groups -OCH3 is 1. The molecule has 0 saturated carbocycles. The summed E-state index contributed by atoms with van der Waals surface area (Å²) >= 11 is 0. The minimum absolute atomic E-state index is 0.392. The van der Waals surface area contributed by atoms with E-state index in [0.717, 1.165) is 13.0 Å². The molecule has 1 N–H and O–H groups in total. The van der Waals surface area contributed by atoms with Crippen LogP contribution < -0.4 is 9.64 Å². The number of ether oxygens (including phenoxy) is 1. The molecule has 2 rings (SSSR count). The lowest BCUT2D eigenvalue weighted by Crippen LogP contribution is -2.48. The van der Waals surface area contributed by atoms with Crippen LogP contribution in [0.3, 0.4) is 0 Å². The van der Waals surface area contributed by atoms with Gasteiger partial charge in [-0.05, 0) is 19.3 Å². The van der Waals surface area contributed by atoms with Gasteiger partial charge in [-0.25, -0.2) is 9.97 Å². The van der Waals surface area contributed by atoms with Crippen molar-refractivity contribution in [3.63, 3.8) is 0 Å². The van der Waals surface area contributed by atoms with Crippen molar-refractivity contribution in [2.45, 2.75) is 19.3 Å². The number of piperidine rings is 1. The van der Waals surface area contributed by atoms with Crippen molar-refractivity contribution in [1.82, 2.24) is 9.97 Å². The maximum Gasteiger partial charge on any atom is 0.311 e. The van der Waals surface area contributed by atoms with Crippen molar-refractivity contribution in [2.24, 2.45) is 5.41 Å². The Kier molecular flexibility index (Phi) is 4.22. The second-order valence-electron chi connectivity index (χ2n) is 4.99. The van der Waals surface area contributed by atoms with Crippen molar-refractivity contribution < 1.29 is 14.6 Å². The minimum atomic E-state index is -0.803. The van der Waals surface area contributed by atoms with Crippen LogP contribution in [0.15, 0.2) is 25.0 Å². The topological polar surface area (TPSA) is 75.5 Å². The first-order chi connectivity index (χ1) is 9.63. The summed E-state index contributed by atoms with van der Waals surface area (Å²) in [6.07, 6.45) is 6.70. The zero-order valence-electron chi connectivity index (χ0n) is 11.6. The Hall–Kier alpha value is -2.11. The number of hydrogen-bond acceptors (Lipinski definition) is 5. The number of hydrogen-bond donors (Lipinski definition) is 1. The fraction of sp³-hybridized carbons (Fsp3) is 0.500. The van der Waals surface area contributed by atoms with Gasteiger partial charge in [0.1, 0.15) is 0 Å². The molecule has 1 atom stereocenters. The average molecular weight is 277 g/mol. The third kappa shape index (κ3) is 2.59. The van der Waals surface area contributed by atoms with Gasteiger partial charge in [-0.3, -0.25) is 4.79 Å². The third-order valence-electron chi connectivity index (χ3n) is 3.71. The van der Waals surface area contributed by atoms with E-state index in [9.17, 15) is 9.90 Å². The summed E-state index contributed by atoms with van der Waals surface area (Å²) in [6, 6.07) is 0. The molecule has 1 aliphatic heterocycles. The molecule has 2 heterocycles. The van der Waals surface area contributed by atoms with Gasteiger partial charge in [0.15, 0.2) is 5.82 Å². The summed E-state index contributed by atoms with van der Waals surface area (Å²) < 4.78 is 5.20. The molecule has 6 nitrogen and oxygen atoms in total. The van der Waals surface area contributed by atoms with Crippen LogP contribution in [0.2, 0.25) is 0 Å². The van der Waals surface area contributed by atoms with Crippen LogP contribution in [0.5, 0.6) is 5.88 Å². The van der Waals surface area contributed by atoms with Crippen LogP contribution in [0.1, 0.15) is 19.3 Å². The highest BCUT2D eigenvalue weighted by Crippen LogP contribution is 2.37. The monoisotopic (exact) mass is 277 g/mol. The number of rotatable bonds is 5. The summed E-state index contributed by atoms with van der Waals surface area (Å²) in [4.78, 5) is 22.0. The van der Waals surface area contributed by atoms with Gasteiger partial charge in [0.25, 0.3) is 5.88 Å². The van der Waals surface area contributed by atoms with Crippen molar-refractivity contribution in [3.8, 4) is 5.88 Å². The fourth-order valence-electron chi connectivity index (χ4n) is 2.70. The van der Waals surface area contributed by atoms with E-state index in [-0.39, 0.29) is 0 Å². The minimum Gasteiger partial charge on any atom is -0.481 e. The van der Waals surface area contributed by atoms with Gasteiger partial charge in [-0.15, -0.1) is 6.58 Å². The van der Waals surface area contributed by atoms with Crippen LogP contribution >= 0.6 is 0 Å². The number of carbonyl (C=O) groups is 1. The standard InChI is InChI=1S/C14H19N3O3/c1-3-5-14(13(18)19)6-4-9-17(10-14)11-12(20-2)16-8-7-15-11/h3,7-8H,1,4-6,9-10H2,2H3,(H,18,19). The van der Waals surface area contributed by atoms with Gasteiger partial charge in [0, 0.05) is 25.5 Å². The Labute approximate surface area is 118 Å². The zero-order valence-corrected chi connectivity index (χ0v) is 11.6. The molecular formula is C14H19N3O3. The predicted molar refractivity (Wildman–Crippen MR) is 74.9 cm³/mol. The zero-order chi connectivity index (χ0) is 14.6. The number of aromatic nitrogens is 2. The van der Waals surface area contributed by atoms with Crippen LogP contribution in [-0.4, -0.2) is 41.2 Å². The molecule has 0 amide bonds. The number of anilines is 1. The van der Waals surface area contributed by atoms with Crippen LogP contribution in [0, 0.1) is 5.41 Å². The van der Waals surface area contributed by atoms with E-state index in [2.05, 4.69) is 16.5 Å². The lowest BCUT2D eigenvalue weighted by Gasteiger charge is -2.40. The molecule has 1 unspecified atom stereocenters. The third-order valence-corrected chi connectivity index (χ3v) is 3.71. The number of allylic oxidation sites excluding steroid dienone is 1. The van der Waals surface area contributed by atoms with Crippen LogP contribution in [0.4, 0.5) is 5.82 Å². The second kappa shape index (κ2) is 5.90. The average Bonchev–Trinajstić information content (AvgIpc) is 2.47. The molecule has 0 bridgehead atoms. The highest BCUT2D eigenvalue weighted by atomic mass is 16.5. The Morgan fingerprint density at radius 1 is 1.60 bits per heavy atom. The van der Waals surface area contributed by atoms with E-state index in [1.165, 1.54) is 7.11 Å². The van der Waals surface area contributed by atoms with Gasteiger partial charge in [0.2, 0.25) is 0 Å². The lowest BCUT2D eigenvalue weighted by molar-refractivity contribution is -0.149. The molecule has 6 heteroatoms. The largest absolute Gasteiger partial charge is 0.481 e. The van der Waals surface area contributed by atoms with E-state index in [4.69, 9.17) is 4.74 Å². The number of carboxylic acids is 1. The summed E-state index contributed by atoms with van der Waals surface area (Å²) in [5.74, 6) is 0.238. The molecule has 0 aromatic carbocycles. The fourth-order valence-corrected chi connectivity index (χ4v) is 2.70. The first kappa shape index (κ1) is 14.3. The van der Waals surface area contributed by atoms with Crippen LogP contribution in [0.25, 0.3) is 0 Å². The summed E-state index contributed by atoms with van der Waals surface area (Å²) in [5.41, 5.74) is -0.803. The quantitative estimate of drug-likeness (QED) is 0.826. The van der Waals surface area contributed by atoms with Gasteiger partial charge < -0.3 is 14.7 Å². The number of carboxylic acid groups (broad SMARTS) is 1. The van der Waals surface area contributed by atoms with E-state index < -0.39 is 11.4 Å². The second-order valence-corrected chi connectivity index (χ2v) is 4.99. The van der Waals surface area contributed by atoms with Crippen molar-refractivity contribution in [3.05, 3.63) is 25.0 Å². The Bertz CT molecular complexity index is 506. The van der Waals surface area contributed by atoms with Crippen LogP contribution in [-0.2, 0) is 4.79 Å². The molecule has 1 aliphatic rings. The lowest BCUT2D eigenvalue weighted by atomic mass is 9.77. The maximum atomic E-state index is 11.7. The van der Waals surface area contributed by atoms with Crippen molar-refractivity contribution in [2.75, 3.05) is 25.1 Å². The SMILES string of the molecule is C=CCC1(C(=O)O)CCCN(c2nccnc2OC)C1. The smallest absolute Gasteiger partial charge is 0.311 e. The van der Waals surface area contributed by atoms with E-state index in [1.54, 1.807) is 18.5 Å². The van der Waals surface area contributed by atoms with Crippen molar-refractivity contribution >= 4 is 11.8 Å². The first-order valence-electron chi connectivity index (χ1n) is 6.57. The number of aliphatic carboxylic acids is 1. The Morgan fingerprint density at radius 2 is 2.35 bits per heavy atom. The summed E-state index contributed by atoms with van der Waals surface area (Å²) in [5, 5.41) is 9.57. The van der Waals surface area contributed by atoms with E-state index >= 15 is 0 Å². The van der Waals surface area contributed by atoms with Gasteiger partial charge >= 0.3 is 5.97 Å². The van der Waals surface area contributed by atoms with E-state index in [0.29, 0.717) is 31.1 Å². The predicted octanol–water partition coefficient (Wildman–Crippen LogP) is 1.73. The molecule has 20 heavy (non-hydrogen) atoms. The molecule has 1 aromatic rings. The summed E-state index contributed by atoms with van der Waals surface area (Å²) in [7, 11) is 1.53. The number of nitrogens with zero attached hydrogens (tertiary/aromatic N) is 3. The van der Waals surface area contributed by atoms with Gasteiger partial charge in [-0.1, -0.05) is 6.08 Å². The highest BCUT2D eigenvalue weighted by molar-refractivity contribution is 5.76. The molecule has 0 radical (unpaired) electrons. The van der Waals surface area contributed by atoms with Gasteiger partial charge in [0.05, 0.1) is 12.5 Å². The maximum absolute atomic E-state index is 11.7.